The van der Waals surface area contributed by atoms with Crippen molar-refractivity contribution in [2.24, 2.45) is 0 Å². The maximum atomic E-state index is 11.7. The monoisotopic (exact) mass is 288 g/mol. The SMILES string of the molecule is Cc1cc(C(=O)CBr)cc(-c2ccccc2)c1. The van der Waals surface area contributed by atoms with Crippen molar-refractivity contribution in [2.45, 2.75) is 6.92 Å². The molecule has 0 saturated carbocycles. The Bertz CT molecular complexity index is 532. The zero-order chi connectivity index (χ0) is 12.3. The molecule has 2 rings (SSSR count). The maximum Gasteiger partial charge on any atom is 0.173 e. The molecule has 0 aliphatic carbocycles. The second-order valence-electron chi connectivity index (χ2n) is 4.01. The summed E-state index contributed by atoms with van der Waals surface area (Å²) >= 11 is 3.21. The first-order chi connectivity index (χ1) is 8.20. The summed E-state index contributed by atoms with van der Waals surface area (Å²) in [6.07, 6.45) is 0. The molecule has 0 radical (unpaired) electrons. The highest BCUT2D eigenvalue weighted by Crippen LogP contribution is 2.22. The van der Waals surface area contributed by atoms with Crippen LogP contribution in [-0.2, 0) is 0 Å². The third kappa shape index (κ3) is 2.83. The number of halogens is 1. The third-order valence-electron chi connectivity index (χ3n) is 2.63. The molecule has 0 heterocycles. The van der Waals surface area contributed by atoms with Crippen LogP contribution in [0.2, 0.25) is 0 Å². The molecule has 0 spiro atoms. The molecule has 2 aromatic carbocycles. The van der Waals surface area contributed by atoms with Gasteiger partial charge in [0.05, 0.1) is 5.33 Å². The molecule has 0 bridgehead atoms. The average Bonchev–Trinajstić information content (AvgIpc) is 2.38. The summed E-state index contributed by atoms with van der Waals surface area (Å²) in [5, 5.41) is 0.366. The van der Waals surface area contributed by atoms with E-state index in [2.05, 4.69) is 34.1 Å². The van der Waals surface area contributed by atoms with E-state index in [1.54, 1.807) is 0 Å². The van der Waals surface area contributed by atoms with Gasteiger partial charge in [-0.3, -0.25) is 4.79 Å². The van der Waals surface area contributed by atoms with Gasteiger partial charge in [-0.2, -0.15) is 0 Å². The number of rotatable bonds is 3. The van der Waals surface area contributed by atoms with Gasteiger partial charge in [0.15, 0.2) is 5.78 Å². The molecular formula is C15H13BrO. The number of Topliss-reactive ketones (excluding diaryl/α,β-unsaturated/α-hetero) is 1. The predicted octanol–water partition coefficient (Wildman–Crippen LogP) is 4.24. The number of aryl methyl sites for hydroxylation is 1. The largest absolute Gasteiger partial charge is 0.293 e. The Morgan fingerprint density at radius 2 is 1.76 bits per heavy atom. The minimum absolute atomic E-state index is 0.117. The van der Waals surface area contributed by atoms with Gasteiger partial charge in [0.1, 0.15) is 0 Å². The molecule has 0 saturated heterocycles. The van der Waals surface area contributed by atoms with Crippen molar-refractivity contribution < 1.29 is 4.79 Å². The molecule has 1 nitrogen and oxygen atoms in total. The van der Waals surface area contributed by atoms with Crippen LogP contribution in [0.3, 0.4) is 0 Å². The van der Waals surface area contributed by atoms with E-state index in [-0.39, 0.29) is 5.78 Å². The van der Waals surface area contributed by atoms with Crippen LogP contribution in [0.25, 0.3) is 11.1 Å². The van der Waals surface area contributed by atoms with Crippen molar-refractivity contribution >= 4 is 21.7 Å². The Balaban J connectivity index is 2.49. The Kier molecular flexibility index (Phi) is 3.75. The summed E-state index contributed by atoms with van der Waals surface area (Å²) < 4.78 is 0. The first-order valence-electron chi connectivity index (χ1n) is 5.47. The molecule has 0 aromatic heterocycles. The van der Waals surface area contributed by atoms with Crippen molar-refractivity contribution in [3.05, 3.63) is 59.7 Å². The van der Waals surface area contributed by atoms with Crippen molar-refractivity contribution in [2.75, 3.05) is 5.33 Å². The van der Waals surface area contributed by atoms with Gasteiger partial charge in [-0.15, -0.1) is 0 Å². The van der Waals surface area contributed by atoms with Crippen LogP contribution in [0, 0.1) is 6.92 Å². The lowest BCUT2D eigenvalue weighted by Gasteiger charge is -2.06. The summed E-state index contributed by atoms with van der Waals surface area (Å²) in [6.45, 7) is 2.01. The van der Waals surface area contributed by atoms with Gasteiger partial charge in [0.25, 0.3) is 0 Å². The van der Waals surface area contributed by atoms with Crippen molar-refractivity contribution in [3.63, 3.8) is 0 Å². The van der Waals surface area contributed by atoms with Crippen LogP contribution in [0.15, 0.2) is 48.5 Å². The molecule has 0 atom stereocenters. The van der Waals surface area contributed by atoms with Gasteiger partial charge in [-0.05, 0) is 35.7 Å². The zero-order valence-corrected chi connectivity index (χ0v) is 11.2. The molecule has 2 heteroatoms. The van der Waals surface area contributed by atoms with E-state index in [9.17, 15) is 4.79 Å². The molecule has 0 N–H and O–H groups in total. The Hall–Kier alpha value is -1.41. The predicted molar refractivity (Wildman–Crippen MR) is 74.7 cm³/mol. The zero-order valence-electron chi connectivity index (χ0n) is 9.61. The Morgan fingerprint density at radius 3 is 2.41 bits per heavy atom. The molecule has 17 heavy (non-hydrogen) atoms. The highest BCUT2D eigenvalue weighted by atomic mass is 79.9. The van der Waals surface area contributed by atoms with Crippen molar-refractivity contribution in [3.8, 4) is 11.1 Å². The van der Waals surface area contributed by atoms with Gasteiger partial charge < -0.3 is 0 Å². The number of carbonyl (C=O) groups is 1. The third-order valence-corrected chi connectivity index (χ3v) is 3.14. The first-order valence-corrected chi connectivity index (χ1v) is 6.59. The smallest absolute Gasteiger partial charge is 0.173 e. The van der Waals surface area contributed by atoms with Gasteiger partial charge in [-0.1, -0.05) is 52.3 Å². The molecule has 86 valence electrons. The summed E-state index contributed by atoms with van der Waals surface area (Å²) in [5.41, 5.74) is 4.10. The fraction of sp³-hybridized carbons (Fsp3) is 0.133. The van der Waals surface area contributed by atoms with Crippen molar-refractivity contribution in [1.82, 2.24) is 0 Å². The number of benzene rings is 2. The number of ketones is 1. The maximum absolute atomic E-state index is 11.7. The normalized spacial score (nSPS) is 10.2. The lowest BCUT2D eigenvalue weighted by molar-refractivity contribution is 0.102. The molecule has 0 unspecified atom stereocenters. The number of carbonyl (C=O) groups excluding carboxylic acids is 1. The highest BCUT2D eigenvalue weighted by Gasteiger charge is 2.07. The fourth-order valence-electron chi connectivity index (χ4n) is 1.82. The summed E-state index contributed by atoms with van der Waals surface area (Å²) in [6, 6.07) is 16.1. The van der Waals surface area contributed by atoms with Gasteiger partial charge in [-0.25, -0.2) is 0 Å². The van der Waals surface area contributed by atoms with E-state index in [4.69, 9.17) is 0 Å². The van der Waals surface area contributed by atoms with Crippen molar-refractivity contribution in [1.29, 1.82) is 0 Å². The van der Waals surface area contributed by atoms with E-state index >= 15 is 0 Å². The number of alkyl halides is 1. The Labute approximate surface area is 110 Å². The minimum atomic E-state index is 0.117. The standard InChI is InChI=1S/C15H13BrO/c1-11-7-13(12-5-3-2-4-6-12)9-14(8-11)15(17)10-16/h2-9H,10H2,1H3. The first kappa shape index (κ1) is 12.1. The summed E-state index contributed by atoms with van der Waals surface area (Å²) in [5.74, 6) is 0.117. The topological polar surface area (TPSA) is 17.1 Å². The van der Waals surface area contributed by atoms with E-state index in [1.165, 1.54) is 0 Å². The molecule has 0 fully saturated rings. The number of hydrogen-bond donors (Lipinski definition) is 0. The van der Waals surface area contributed by atoms with Gasteiger partial charge >= 0.3 is 0 Å². The van der Waals surface area contributed by atoms with E-state index in [0.29, 0.717) is 5.33 Å². The lowest BCUT2D eigenvalue weighted by Crippen LogP contribution is -2.00. The van der Waals surface area contributed by atoms with Crippen LogP contribution < -0.4 is 0 Å². The van der Waals surface area contributed by atoms with E-state index in [1.807, 2.05) is 37.3 Å². The summed E-state index contributed by atoms with van der Waals surface area (Å²) in [4.78, 5) is 11.7. The second-order valence-corrected chi connectivity index (χ2v) is 4.57. The van der Waals surface area contributed by atoms with E-state index < -0.39 is 0 Å². The van der Waals surface area contributed by atoms with E-state index in [0.717, 1.165) is 22.3 Å². The van der Waals surface area contributed by atoms with Gasteiger partial charge in [0, 0.05) is 5.56 Å². The molecule has 0 amide bonds. The Morgan fingerprint density at radius 1 is 1.06 bits per heavy atom. The average molecular weight is 289 g/mol. The van der Waals surface area contributed by atoms with Crippen LogP contribution in [0.4, 0.5) is 0 Å². The van der Waals surface area contributed by atoms with Crippen LogP contribution in [0.5, 0.6) is 0 Å². The molecule has 2 aromatic rings. The molecular weight excluding hydrogens is 276 g/mol. The summed E-state index contributed by atoms with van der Waals surface area (Å²) in [7, 11) is 0. The lowest BCUT2D eigenvalue weighted by atomic mass is 9.99. The molecule has 0 aliphatic heterocycles. The van der Waals surface area contributed by atoms with Crippen LogP contribution >= 0.6 is 15.9 Å². The fourth-order valence-corrected chi connectivity index (χ4v) is 2.14. The number of hydrogen-bond acceptors (Lipinski definition) is 1. The minimum Gasteiger partial charge on any atom is -0.293 e. The van der Waals surface area contributed by atoms with Gasteiger partial charge in [0.2, 0.25) is 0 Å². The van der Waals surface area contributed by atoms with Crippen LogP contribution in [0.1, 0.15) is 15.9 Å². The van der Waals surface area contributed by atoms with Crippen LogP contribution in [-0.4, -0.2) is 11.1 Å². The molecule has 0 aliphatic rings. The second kappa shape index (κ2) is 5.28. The quantitative estimate of drug-likeness (QED) is 0.610. The highest BCUT2D eigenvalue weighted by molar-refractivity contribution is 9.09.